The van der Waals surface area contributed by atoms with E-state index in [9.17, 15) is 9.59 Å². The van der Waals surface area contributed by atoms with E-state index in [0.29, 0.717) is 0 Å². The van der Waals surface area contributed by atoms with Crippen molar-refractivity contribution in [3.8, 4) is 0 Å². The number of carboxylic acid groups (broad SMARTS) is 2. The van der Waals surface area contributed by atoms with Gasteiger partial charge in [-0.3, -0.25) is 4.79 Å². The van der Waals surface area contributed by atoms with Crippen molar-refractivity contribution in [3.05, 3.63) is 65.1 Å². The van der Waals surface area contributed by atoms with Crippen molar-refractivity contribution in [3.63, 3.8) is 0 Å². The van der Waals surface area contributed by atoms with Crippen molar-refractivity contribution in [1.82, 2.24) is 0 Å². The van der Waals surface area contributed by atoms with Crippen LogP contribution in [0.3, 0.4) is 0 Å². The first-order chi connectivity index (χ1) is 14.2. The molecule has 0 aromatic heterocycles. The van der Waals surface area contributed by atoms with E-state index in [2.05, 4.69) is 21.2 Å². The number of benzene rings is 2. The van der Waals surface area contributed by atoms with Gasteiger partial charge >= 0.3 is 11.9 Å². The molecule has 0 amide bonds. The standard InChI is InChI=1S/C12H17NO2.C6H5Br.C6H13NO2/c1-12(2,3)10(11(14)15)13-9-7-5-4-6-8-9;7-6-4-2-1-3-5-6;1-6(2,3)4(7)5(8)9/h4-8,10,13H,1-3H3,(H,14,15);1-5H;4H,7H2,1-3H3,(H,8,9)/t10-;;4-/m1.1/s1. The summed E-state index contributed by atoms with van der Waals surface area (Å²) in [4.78, 5) is 21.3. The van der Waals surface area contributed by atoms with Crippen LogP contribution in [0, 0.1) is 10.8 Å². The minimum atomic E-state index is -0.942. The van der Waals surface area contributed by atoms with Crippen molar-refractivity contribution in [2.75, 3.05) is 5.32 Å². The number of carboxylic acids is 2. The molecule has 6 nitrogen and oxygen atoms in total. The largest absolute Gasteiger partial charge is 0.480 e. The normalized spacial score (nSPS) is 12.8. The van der Waals surface area contributed by atoms with Gasteiger partial charge in [0.15, 0.2) is 0 Å². The smallest absolute Gasteiger partial charge is 0.326 e. The second kappa shape index (κ2) is 13.1. The number of carbonyl (C=O) groups is 2. The second-order valence-electron chi connectivity index (χ2n) is 9.13. The highest BCUT2D eigenvalue weighted by Gasteiger charge is 2.30. The zero-order valence-corrected chi connectivity index (χ0v) is 20.7. The van der Waals surface area contributed by atoms with E-state index in [-0.39, 0.29) is 10.8 Å². The number of hydrogen-bond acceptors (Lipinski definition) is 4. The van der Waals surface area contributed by atoms with Gasteiger partial charge in [0.2, 0.25) is 0 Å². The molecule has 0 fully saturated rings. The number of aliphatic carboxylic acids is 2. The maximum absolute atomic E-state index is 11.1. The highest BCUT2D eigenvalue weighted by molar-refractivity contribution is 9.10. The fraction of sp³-hybridized carbons (Fsp3) is 0.417. The van der Waals surface area contributed by atoms with Crippen molar-refractivity contribution in [2.45, 2.75) is 53.6 Å². The number of hydrogen-bond donors (Lipinski definition) is 4. The zero-order chi connectivity index (χ0) is 24.2. The van der Waals surface area contributed by atoms with E-state index in [1.807, 2.05) is 81.4 Å². The highest BCUT2D eigenvalue weighted by Crippen LogP contribution is 2.23. The lowest BCUT2D eigenvalue weighted by atomic mass is 9.86. The Labute approximate surface area is 194 Å². The monoisotopic (exact) mass is 494 g/mol. The van der Waals surface area contributed by atoms with E-state index in [0.717, 1.165) is 10.2 Å². The van der Waals surface area contributed by atoms with Crippen molar-refractivity contribution in [1.29, 1.82) is 0 Å². The summed E-state index contributed by atoms with van der Waals surface area (Å²) in [5, 5.41) is 20.5. The molecule has 0 unspecified atom stereocenters. The van der Waals surface area contributed by atoms with Crippen LogP contribution in [0.5, 0.6) is 0 Å². The minimum absolute atomic E-state index is 0.318. The lowest BCUT2D eigenvalue weighted by molar-refractivity contribution is -0.141. The predicted molar refractivity (Wildman–Crippen MR) is 130 cm³/mol. The molecule has 0 saturated carbocycles. The Bertz CT molecular complexity index is 785. The van der Waals surface area contributed by atoms with Crippen molar-refractivity contribution in [2.24, 2.45) is 16.6 Å². The number of para-hydroxylation sites is 1. The van der Waals surface area contributed by atoms with Gasteiger partial charge in [-0.15, -0.1) is 0 Å². The van der Waals surface area contributed by atoms with E-state index in [4.69, 9.17) is 15.9 Å². The number of nitrogens with one attached hydrogen (secondary N) is 1. The maximum atomic E-state index is 11.1. The molecule has 0 radical (unpaired) electrons. The van der Waals surface area contributed by atoms with E-state index < -0.39 is 24.0 Å². The molecule has 0 saturated heterocycles. The van der Waals surface area contributed by atoms with Gasteiger partial charge in [0.1, 0.15) is 12.1 Å². The summed E-state index contributed by atoms with van der Waals surface area (Å²) in [5.74, 6) is -1.77. The van der Waals surface area contributed by atoms with Gasteiger partial charge in [-0.05, 0) is 35.1 Å². The van der Waals surface area contributed by atoms with Crippen LogP contribution in [-0.2, 0) is 9.59 Å². The SMILES string of the molecule is Brc1ccccc1.CC(C)(C)[C@H](N)C(=O)O.CC(C)(C)[C@H](Nc1ccccc1)C(=O)O. The number of nitrogens with two attached hydrogens (primary N) is 1. The zero-order valence-electron chi connectivity index (χ0n) is 19.1. The van der Waals surface area contributed by atoms with Gasteiger partial charge in [0.05, 0.1) is 0 Å². The summed E-state index contributed by atoms with van der Waals surface area (Å²) in [6.45, 7) is 11.1. The summed E-state index contributed by atoms with van der Waals surface area (Å²) in [6, 6.07) is 18.0. The van der Waals surface area contributed by atoms with Gasteiger partial charge in [-0.1, -0.05) is 93.9 Å². The number of anilines is 1. The first-order valence-electron chi connectivity index (χ1n) is 9.89. The summed E-state index contributed by atoms with van der Waals surface area (Å²) >= 11 is 3.31. The molecule has 0 aliphatic heterocycles. The molecule has 2 aromatic carbocycles. The maximum Gasteiger partial charge on any atom is 0.326 e. The molecular formula is C24H35BrN2O4. The van der Waals surface area contributed by atoms with Crippen molar-refractivity contribution < 1.29 is 19.8 Å². The van der Waals surface area contributed by atoms with Gasteiger partial charge < -0.3 is 21.3 Å². The summed E-state index contributed by atoms with van der Waals surface area (Å²) in [5.41, 5.74) is 5.47. The van der Waals surface area contributed by atoms with Crippen LogP contribution in [0.15, 0.2) is 65.1 Å². The van der Waals surface area contributed by atoms with Crippen LogP contribution in [-0.4, -0.2) is 34.2 Å². The van der Waals surface area contributed by atoms with E-state index >= 15 is 0 Å². The lowest BCUT2D eigenvalue weighted by Crippen LogP contribution is -2.41. The Balaban J connectivity index is 0.000000478. The third-order valence-corrected chi connectivity index (χ3v) is 4.66. The average molecular weight is 495 g/mol. The topological polar surface area (TPSA) is 113 Å². The summed E-state index contributed by atoms with van der Waals surface area (Å²) in [6.07, 6.45) is 0. The molecule has 7 heteroatoms. The molecule has 0 aliphatic rings. The minimum Gasteiger partial charge on any atom is -0.480 e. The number of rotatable bonds is 4. The third kappa shape index (κ3) is 12.8. The molecule has 2 aromatic rings. The Morgan fingerprint density at radius 1 is 0.806 bits per heavy atom. The second-order valence-corrected chi connectivity index (χ2v) is 10.0. The summed E-state index contributed by atoms with van der Waals surface area (Å²) < 4.78 is 1.13. The molecule has 5 N–H and O–H groups in total. The quantitative estimate of drug-likeness (QED) is 0.446. The van der Waals surface area contributed by atoms with Crippen molar-refractivity contribution >= 4 is 33.6 Å². The van der Waals surface area contributed by atoms with Crippen LogP contribution in [0.4, 0.5) is 5.69 Å². The molecule has 31 heavy (non-hydrogen) atoms. The van der Waals surface area contributed by atoms with Gasteiger partial charge in [-0.2, -0.15) is 0 Å². The Hall–Kier alpha value is -2.38. The lowest BCUT2D eigenvalue weighted by Gasteiger charge is -2.28. The average Bonchev–Trinajstić information content (AvgIpc) is 2.66. The highest BCUT2D eigenvalue weighted by atomic mass is 79.9. The molecular weight excluding hydrogens is 460 g/mol. The van der Waals surface area contributed by atoms with Crippen LogP contribution in [0.1, 0.15) is 41.5 Å². The Morgan fingerprint density at radius 2 is 1.23 bits per heavy atom. The first kappa shape index (κ1) is 28.6. The third-order valence-electron chi connectivity index (χ3n) is 4.13. The molecule has 2 atom stereocenters. The molecule has 0 heterocycles. The summed E-state index contributed by atoms with van der Waals surface area (Å²) in [7, 11) is 0. The van der Waals surface area contributed by atoms with Crippen LogP contribution < -0.4 is 11.1 Å². The van der Waals surface area contributed by atoms with Gasteiger partial charge in [0, 0.05) is 10.2 Å². The Morgan fingerprint density at radius 3 is 1.45 bits per heavy atom. The Kier molecular flexibility index (Phi) is 12.1. The van der Waals surface area contributed by atoms with Crippen LogP contribution >= 0.6 is 15.9 Å². The fourth-order valence-corrected chi connectivity index (χ4v) is 2.44. The molecule has 172 valence electrons. The van der Waals surface area contributed by atoms with Gasteiger partial charge in [0.25, 0.3) is 0 Å². The van der Waals surface area contributed by atoms with Crippen LogP contribution in [0.25, 0.3) is 0 Å². The fourth-order valence-electron chi connectivity index (χ4n) is 2.13. The number of halogens is 1. The van der Waals surface area contributed by atoms with Gasteiger partial charge in [-0.25, -0.2) is 4.79 Å². The first-order valence-corrected chi connectivity index (χ1v) is 10.7. The molecule has 0 spiro atoms. The molecule has 2 rings (SSSR count). The predicted octanol–water partition coefficient (Wildman–Crippen LogP) is 5.49. The van der Waals surface area contributed by atoms with E-state index in [1.165, 1.54) is 0 Å². The van der Waals surface area contributed by atoms with Crippen LogP contribution in [0.2, 0.25) is 0 Å². The molecule has 0 bridgehead atoms. The molecule has 0 aliphatic carbocycles. The van der Waals surface area contributed by atoms with E-state index in [1.54, 1.807) is 20.8 Å².